The first-order valence-electron chi connectivity index (χ1n) is 4.32. The maximum atomic E-state index is 3.30. The highest BCUT2D eigenvalue weighted by Crippen LogP contribution is 2.14. The van der Waals surface area contributed by atoms with Gasteiger partial charge < -0.3 is 17.7 Å². The fourth-order valence-electron chi connectivity index (χ4n) is 1.21. The van der Waals surface area contributed by atoms with Crippen LogP contribution >= 0.6 is 0 Å². The van der Waals surface area contributed by atoms with Crippen molar-refractivity contribution in [2.75, 3.05) is 5.32 Å². The Kier molecular flexibility index (Phi) is 4.02. The third kappa shape index (κ3) is 2.79. The van der Waals surface area contributed by atoms with Crippen molar-refractivity contribution in [1.29, 1.82) is 0 Å². The third-order valence-corrected chi connectivity index (χ3v) is 1.84. The molecule has 1 N–H and O–H groups in total. The summed E-state index contributed by atoms with van der Waals surface area (Å²) in [5.41, 5.74) is 2.24. The Labute approximate surface area is 90.2 Å². The highest BCUT2D eigenvalue weighted by atomic mass is 35.5. The first-order chi connectivity index (χ1) is 6.45. The molecule has 1 nitrogen and oxygen atoms in total. The molecule has 0 amide bonds. The minimum atomic E-state index is 0. The van der Waals surface area contributed by atoms with E-state index < -0.39 is 0 Å². The van der Waals surface area contributed by atoms with Gasteiger partial charge in [0.1, 0.15) is 0 Å². The fourth-order valence-corrected chi connectivity index (χ4v) is 1.21. The van der Waals surface area contributed by atoms with Crippen LogP contribution in [0.15, 0.2) is 60.7 Å². The van der Waals surface area contributed by atoms with E-state index in [9.17, 15) is 0 Å². The van der Waals surface area contributed by atoms with Gasteiger partial charge in [-0.25, -0.2) is 0 Å². The van der Waals surface area contributed by atoms with Crippen LogP contribution in [-0.2, 0) is 0 Å². The molecule has 0 radical (unpaired) electrons. The van der Waals surface area contributed by atoms with Gasteiger partial charge in [0.15, 0.2) is 0 Å². The third-order valence-electron chi connectivity index (χ3n) is 1.84. The quantitative estimate of drug-likeness (QED) is 0.749. The molecule has 0 fully saturated rings. The maximum absolute atomic E-state index is 3.30. The van der Waals surface area contributed by atoms with Crippen molar-refractivity contribution in [3.05, 3.63) is 60.7 Å². The van der Waals surface area contributed by atoms with E-state index in [1.54, 1.807) is 0 Å². The average molecular weight is 205 g/mol. The summed E-state index contributed by atoms with van der Waals surface area (Å²) in [7, 11) is 0. The molecule has 14 heavy (non-hydrogen) atoms. The van der Waals surface area contributed by atoms with E-state index in [4.69, 9.17) is 0 Å². The van der Waals surface area contributed by atoms with Gasteiger partial charge in [-0.15, -0.1) is 0 Å². The lowest BCUT2D eigenvalue weighted by Crippen LogP contribution is -3.00. The topological polar surface area (TPSA) is 12.0 Å². The smallest absolute Gasteiger partial charge is 0.0384 e. The zero-order valence-electron chi connectivity index (χ0n) is 7.65. The molecule has 0 unspecified atom stereocenters. The Bertz CT molecular complexity index is 321. The minimum absolute atomic E-state index is 0. The summed E-state index contributed by atoms with van der Waals surface area (Å²) < 4.78 is 0. The molecule has 0 heterocycles. The van der Waals surface area contributed by atoms with Crippen LogP contribution in [0.2, 0.25) is 0 Å². The van der Waals surface area contributed by atoms with Gasteiger partial charge in [-0.05, 0) is 24.3 Å². The first-order valence-corrected chi connectivity index (χ1v) is 4.32. The number of benzene rings is 2. The van der Waals surface area contributed by atoms with E-state index in [2.05, 4.69) is 5.32 Å². The zero-order valence-corrected chi connectivity index (χ0v) is 8.41. The lowest BCUT2D eigenvalue weighted by atomic mass is 10.3. The molecular weight excluding hydrogens is 194 g/mol. The molecule has 0 aromatic heterocycles. The summed E-state index contributed by atoms with van der Waals surface area (Å²) in [6.45, 7) is 0. The highest BCUT2D eigenvalue weighted by Gasteiger charge is 1.89. The predicted octanol–water partition coefficient (Wildman–Crippen LogP) is 0.434. The van der Waals surface area contributed by atoms with Crippen molar-refractivity contribution < 1.29 is 12.4 Å². The van der Waals surface area contributed by atoms with Crippen LogP contribution in [0, 0.1) is 0 Å². The molecule has 2 heteroatoms. The number of nitrogens with one attached hydrogen (secondary N) is 1. The van der Waals surface area contributed by atoms with Crippen LogP contribution in [0.3, 0.4) is 0 Å². The molecule has 0 spiro atoms. The van der Waals surface area contributed by atoms with Crippen molar-refractivity contribution in [2.24, 2.45) is 0 Å². The van der Waals surface area contributed by atoms with Crippen molar-refractivity contribution >= 4 is 11.4 Å². The normalized spacial score (nSPS) is 8.86. The van der Waals surface area contributed by atoms with Crippen molar-refractivity contribution in [3.63, 3.8) is 0 Å². The molecule has 0 saturated heterocycles. The van der Waals surface area contributed by atoms with E-state index >= 15 is 0 Å². The van der Waals surface area contributed by atoms with Crippen molar-refractivity contribution in [1.82, 2.24) is 0 Å². The Hall–Kier alpha value is -1.47. The van der Waals surface area contributed by atoms with Crippen LogP contribution < -0.4 is 17.7 Å². The summed E-state index contributed by atoms with van der Waals surface area (Å²) in [5.74, 6) is 0. The first kappa shape index (κ1) is 10.6. The Morgan fingerprint density at radius 1 is 0.571 bits per heavy atom. The van der Waals surface area contributed by atoms with Crippen LogP contribution in [0.5, 0.6) is 0 Å². The molecule has 0 saturated carbocycles. The molecule has 72 valence electrons. The molecule has 2 aromatic carbocycles. The summed E-state index contributed by atoms with van der Waals surface area (Å²) in [6.07, 6.45) is 0. The predicted molar refractivity (Wildman–Crippen MR) is 56.2 cm³/mol. The number of halogens is 1. The van der Waals surface area contributed by atoms with E-state index in [-0.39, 0.29) is 12.4 Å². The lowest BCUT2D eigenvalue weighted by Gasteiger charge is -2.04. The lowest BCUT2D eigenvalue weighted by molar-refractivity contribution is -0.00000254. The van der Waals surface area contributed by atoms with Gasteiger partial charge in [0.25, 0.3) is 0 Å². The van der Waals surface area contributed by atoms with Gasteiger partial charge in [-0.1, -0.05) is 36.4 Å². The number of hydrogen-bond donors (Lipinski definition) is 1. The molecule has 2 aromatic rings. The summed E-state index contributed by atoms with van der Waals surface area (Å²) >= 11 is 0. The van der Waals surface area contributed by atoms with Gasteiger partial charge in [0.05, 0.1) is 0 Å². The second-order valence-electron chi connectivity index (χ2n) is 2.86. The van der Waals surface area contributed by atoms with Crippen molar-refractivity contribution in [3.8, 4) is 0 Å². The minimum Gasteiger partial charge on any atom is -1.00 e. The number of hydrogen-bond acceptors (Lipinski definition) is 1. The molecule has 0 atom stereocenters. The molecule has 0 bridgehead atoms. The molecule has 0 aliphatic heterocycles. The zero-order chi connectivity index (χ0) is 8.93. The number of rotatable bonds is 2. The van der Waals surface area contributed by atoms with Gasteiger partial charge in [0, 0.05) is 11.4 Å². The van der Waals surface area contributed by atoms with Gasteiger partial charge in [0.2, 0.25) is 0 Å². The maximum Gasteiger partial charge on any atom is 0.0384 e. The second kappa shape index (κ2) is 5.30. The standard InChI is InChI=1S/C12H11N.ClH/c1-3-7-11(8-4-1)13-12-9-5-2-6-10-12;/h1-10,13H;1H/p-1. The molecular formula is C12H11ClN-. The summed E-state index contributed by atoms with van der Waals surface area (Å²) in [6, 6.07) is 20.3. The van der Waals surface area contributed by atoms with Crippen LogP contribution in [0.1, 0.15) is 0 Å². The Morgan fingerprint density at radius 2 is 0.929 bits per heavy atom. The summed E-state index contributed by atoms with van der Waals surface area (Å²) in [4.78, 5) is 0. The van der Waals surface area contributed by atoms with E-state index in [0.29, 0.717) is 0 Å². The highest BCUT2D eigenvalue weighted by molar-refractivity contribution is 5.58. The molecule has 2 rings (SSSR count). The van der Waals surface area contributed by atoms with E-state index in [0.717, 1.165) is 11.4 Å². The van der Waals surface area contributed by atoms with Crippen molar-refractivity contribution in [2.45, 2.75) is 0 Å². The second-order valence-corrected chi connectivity index (χ2v) is 2.86. The summed E-state index contributed by atoms with van der Waals surface area (Å²) in [5, 5.41) is 3.30. The Morgan fingerprint density at radius 3 is 1.29 bits per heavy atom. The van der Waals surface area contributed by atoms with Crippen LogP contribution in [-0.4, -0.2) is 0 Å². The van der Waals surface area contributed by atoms with E-state index in [1.807, 2.05) is 60.7 Å². The fraction of sp³-hybridized carbons (Fsp3) is 0. The van der Waals surface area contributed by atoms with Gasteiger partial charge >= 0.3 is 0 Å². The van der Waals surface area contributed by atoms with Gasteiger partial charge in [-0.3, -0.25) is 0 Å². The molecule has 0 aliphatic rings. The van der Waals surface area contributed by atoms with Crippen LogP contribution in [0.4, 0.5) is 11.4 Å². The van der Waals surface area contributed by atoms with Crippen LogP contribution in [0.25, 0.3) is 0 Å². The monoisotopic (exact) mass is 204 g/mol. The average Bonchev–Trinajstić information content (AvgIpc) is 2.21. The largest absolute Gasteiger partial charge is 1.00 e. The van der Waals surface area contributed by atoms with Gasteiger partial charge in [-0.2, -0.15) is 0 Å². The van der Waals surface area contributed by atoms with E-state index in [1.165, 1.54) is 0 Å². The Balaban J connectivity index is 0.000000980. The molecule has 0 aliphatic carbocycles. The SMILES string of the molecule is [Cl-].c1ccc(Nc2ccccc2)cc1. The number of para-hydroxylation sites is 2. The number of anilines is 2.